The van der Waals surface area contributed by atoms with Crippen molar-refractivity contribution < 1.29 is 9.53 Å². The fourth-order valence-electron chi connectivity index (χ4n) is 2.31. The summed E-state index contributed by atoms with van der Waals surface area (Å²) < 4.78 is 5.85. The highest BCUT2D eigenvalue weighted by Crippen LogP contribution is 2.26. The van der Waals surface area contributed by atoms with Crippen molar-refractivity contribution in [3.05, 3.63) is 72.8 Å². The highest BCUT2D eigenvalue weighted by molar-refractivity contribution is 5.95. The molecule has 22 heavy (non-hydrogen) atoms. The molecule has 1 atom stereocenters. The van der Waals surface area contributed by atoms with E-state index in [4.69, 9.17) is 4.74 Å². The second kappa shape index (κ2) is 6.31. The van der Waals surface area contributed by atoms with Gasteiger partial charge in [0.05, 0.1) is 0 Å². The first-order chi connectivity index (χ1) is 10.7. The van der Waals surface area contributed by atoms with E-state index in [1.54, 1.807) is 6.92 Å². The summed E-state index contributed by atoms with van der Waals surface area (Å²) in [5, 5.41) is 4.94. The monoisotopic (exact) mass is 291 g/mol. The molecule has 0 saturated heterocycles. The summed E-state index contributed by atoms with van der Waals surface area (Å²) in [6.07, 6.45) is -0.578. The van der Waals surface area contributed by atoms with Gasteiger partial charge < -0.3 is 10.1 Å². The van der Waals surface area contributed by atoms with Gasteiger partial charge in [-0.15, -0.1) is 0 Å². The van der Waals surface area contributed by atoms with Crippen LogP contribution >= 0.6 is 0 Å². The lowest BCUT2D eigenvalue weighted by Crippen LogP contribution is -2.30. The first-order valence-electron chi connectivity index (χ1n) is 7.24. The molecule has 1 N–H and O–H groups in total. The van der Waals surface area contributed by atoms with Crippen LogP contribution in [-0.2, 0) is 4.79 Å². The lowest BCUT2D eigenvalue weighted by molar-refractivity contribution is -0.122. The number of para-hydroxylation sites is 1. The molecule has 0 aliphatic heterocycles. The van der Waals surface area contributed by atoms with E-state index in [1.807, 2.05) is 72.8 Å². The molecule has 0 bridgehead atoms. The number of rotatable bonds is 4. The predicted molar refractivity (Wildman–Crippen MR) is 89.1 cm³/mol. The van der Waals surface area contributed by atoms with Gasteiger partial charge in [-0.05, 0) is 30.5 Å². The van der Waals surface area contributed by atoms with E-state index in [0.717, 1.165) is 16.5 Å². The third kappa shape index (κ3) is 3.09. The third-order valence-corrected chi connectivity index (χ3v) is 3.46. The largest absolute Gasteiger partial charge is 0.480 e. The fourth-order valence-corrected chi connectivity index (χ4v) is 2.31. The van der Waals surface area contributed by atoms with Crippen molar-refractivity contribution in [1.82, 2.24) is 0 Å². The van der Waals surface area contributed by atoms with E-state index >= 15 is 0 Å². The molecule has 0 spiro atoms. The highest BCUT2D eigenvalue weighted by Gasteiger charge is 2.15. The summed E-state index contributed by atoms with van der Waals surface area (Å²) in [6, 6.07) is 23.2. The summed E-state index contributed by atoms with van der Waals surface area (Å²) in [7, 11) is 0. The van der Waals surface area contributed by atoms with E-state index in [0.29, 0.717) is 5.75 Å². The number of anilines is 1. The van der Waals surface area contributed by atoms with Gasteiger partial charge in [0.2, 0.25) is 0 Å². The maximum atomic E-state index is 12.2. The molecule has 0 fully saturated rings. The third-order valence-electron chi connectivity index (χ3n) is 3.46. The minimum atomic E-state index is -0.578. The van der Waals surface area contributed by atoms with Gasteiger partial charge in [-0.25, -0.2) is 0 Å². The Hall–Kier alpha value is -2.81. The van der Waals surface area contributed by atoms with Crippen LogP contribution in [0.15, 0.2) is 72.8 Å². The summed E-state index contributed by atoms with van der Waals surface area (Å²) in [5.74, 6) is 0.549. The summed E-state index contributed by atoms with van der Waals surface area (Å²) in [4.78, 5) is 12.2. The molecular weight excluding hydrogens is 274 g/mol. The molecule has 0 heterocycles. The smallest absolute Gasteiger partial charge is 0.265 e. The molecule has 110 valence electrons. The van der Waals surface area contributed by atoms with Crippen LogP contribution in [0.3, 0.4) is 0 Å². The van der Waals surface area contributed by atoms with Crippen LogP contribution in [0.25, 0.3) is 10.8 Å². The number of nitrogens with one attached hydrogen (secondary N) is 1. The van der Waals surface area contributed by atoms with Crippen LogP contribution in [-0.4, -0.2) is 12.0 Å². The van der Waals surface area contributed by atoms with Crippen LogP contribution in [0, 0.1) is 0 Å². The first kappa shape index (κ1) is 14.1. The SMILES string of the molecule is C[C@H](Oc1cccc2ccccc12)C(=O)Nc1ccccc1. The number of hydrogen-bond acceptors (Lipinski definition) is 2. The molecule has 3 rings (SSSR count). The average molecular weight is 291 g/mol. The first-order valence-corrected chi connectivity index (χ1v) is 7.24. The number of hydrogen-bond donors (Lipinski definition) is 1. The van der Waals surface area contributed by atoms with Crippen molar-refractivity contribution in [2.24, 2.45) is 0 Å². The van der Waals surface area contributed by atoms with E-state index < -0.39 is 6.10 Å². The van der Waals surface area contributed by atoms with Crippen molar-refractivity contribution in [1.29, 1.82) is 0 Å². The van der Waals surface area contributed by atoms with Crippen molar-refractivity contribution in [2.45, 2.75) is 13.0 Å². The zero-order chi connectivity index (χ0) is 15.4. The zero-order valence-corrected chi connectivity index (χ0v) is 12.3. The van der Waals surface area contributed by atoms with Crippen LogP contribution in [0.4, 0.5) is 5.69 Å². The maximum absolute atomic E-state index is 12.2. The van der Waals surface area contributed by atoms with Crippen LogP contribution in [0.1, 0.15) is 6.92 Å². The van der Waals surface area contributed by atoms with Crippen LogP contribution in [0.5, 0.6) is 5.75 Å². The highest BCUT2D eigenvalue weighted by atomic mass is 16.5. The van der Waals surface area contributed by atoms with Gasteiger partial charge >= 0.3 is 0 Å². The lowest BCUT2D eigenvalue weighted by atomic mass is 10.1. The zero-order valence-electron chi connectivity index (χ0n) is 12.3. The molecule has 3 nitrogen and oxygen atoms in total. The quantitative estimate of drug-likeness (QED) is 0.780. The number of fused-ring (bicyclic) bond motifs is 1. The number of benzene rings is 3. The van der Waals surface area contributed by atoms with E-state index in [9.17, 15) is 4.79 Å². The van der Waals surface area contributed by atoms with Gasteiger partial charge in [-0.2, -0.15) is 0 Å². The molecule has 0 aliphatic rings. The van der Waals surface area contributed by atoms with E-state index in [-0.39, 0.29) is 5.91 Å². The molecular formula is C19H17NO2. The molecule has 0 unspecified atom stereocenters. The van der Waals surface area contributed by atoms with Gasteiger partial charge in [0, 0.05) is 11.1 Å². The normalized spacial score (nSPS) is 11.9. The minimum Gasteiger partial charge on any atom is -0.480 e. The van der Waals surface area contributed by atoms with Crippen LogP contribution in [0.2, 0.25) is 0 Å². The molecule has 3 heteroatoms. The van der Waals surface area contributed by atoms with Gasteiger partial charge in [-0.1, -0.05) is 54.6 Å². The van der Waals surface area contributed by atoms with Crippen molar-refractivity contribution in [3.8, 4) is 5.75 Å². The number of carbonyl (C=O) groups is 1. The Labute approximate surface area is 129 Å². The Morgan fingerprint density at radius 2 is 1.59 bits per heavy atom. The predicted octanol–water partition coefficient (Wildman–Crippen LogP) is 4.25. The van der Waals surface area contributed by atoms with Crippen molar-refractivity contribution in [2.75, 3.05) is 5.32 Å². The lowest BCUT2D eigenvalue weighted by Gasteiger charge is -2.16. The summed E-state index contributed by atoms with van der Waals surface area (Å²) in [6.45, 7) is 1.75. The van der Waals surface area contributed by atoms with Crippen LogP contribution < -0.4 is 10.1 Å². The molecule has 1 amide bonds. The van der Waals surface area contributed by atoms with Gasteiger partial charge in [0.1, 0.15) is 5.75 Å². The Morgan fingerprint density at radius 3 is 2.41 bits per heavy atom. The molecule has 3 aromatic rings. The van der Waals surface area contributed by atoms with Crippen molar-refractivity contribution >= 4 is 22.4 Å². The molecule has 0 saturated carbocycles. The average Bonchev–Trinajstić information content (AvgIpc) is 2.56. The number of amides is 1. The molecule has 0 radical (unpaired) electrons. The Balaban J connectivity index is 1.75. The second-order valence-electron chi connectivity index (χ2n) is 5.09. The van der Waals surface area contributed by atoms with Gasteiger partial charge in [-0.3, -0.25) is 4.79 Å². The topological polar surface area (TPSA) is 38.3 Å². The van der Waals surface area contributed by atoms with Gasteiger partial charge in [0.25, 0.3) is 5.91 Å². The number of carbonyl (C=O) groups excluding carboxylic acids is 1. The molecule has 0 aliphatic carbocycles. The summed E-state index contributed by atoms with van der Waals surface area (Å²) in [5.41, 5.74) is 0.765. The van der Waals surface area contributed by atoms with Crippen molar-refractivity contribution in [3.63, 3.8) is 0 Å². The minimum absolute atomic E-state index is 0.167. The Bertz CT molecular complexity index is 778. The van der Waals surface area contributed by atoms with Gasteiger partial charge in [0.15, 0.2) is 6.10 Å². The van der Waals surface area contributed by atoms with E-state index in [1.165, 1.54) is 0 Å². The maximum Gasteiger partial charge on any atom is 0.265 e. The Morgan fingerprint density at radius 1 is 0.909 bits per heavy atom. The Kier molecular flexibility index (Phi) is 4.05. The second-order valence-corrected chi connectivity index (χ2v) is 5.09. The molecule has 0 aromatic heterocycles. The standard InChI is InChI=1S/C19H17NO2/c1-14(19(21)20-16-10-3-2-4-11-16)22-18-13-7-9-15-8-5-6-12-17(15)18/h2-14H,1H3,(H,20,21)/t14-/m0/s1. The summed E-state index contributed by atoms with van der Waals surface area (Å²) >= 11 is 0. The fraction of sp³-hybridized carbons (Fsp3) is 0.105. The number of ether oxygens (including phenoxy) is 1. The molecule has 3 aromatic carbocycles. The van der Waals surface area contributed by atoms with E-state index in [2.05, 4.69) is 5.32 Å².